The van der Waals surface area contributed by atoms with Gasteiger partial charge in [0.2, 0.25) is 0 Å². The summed E-state index contributed by atoms with van der Waals surface area (Å²) in [4.78, 5) is 11.9. The van der Waals surface area contributed by atoms with Crippen molar-refractivity contribution < 1.29 is 14.3 Å². The molecule has 0 fully saturated rings. The molecule has 0 saturated carbocycles. The number of alkyl halides is 1. The number of aliphatic hydroxyl groups is 1. The molecule has 0 aliphatic rings. The van der Waals surface area contributed by atoms with Crippen molar-refractivity contribution in [3.8, 4) is 0 Å². The van der Waals surface area contributed by atoms with Crippen LogP contribution >= 0.6 is 0 Å². The maximum atomic E-state index is 12.6. The molecule has 2 nitrogen and oxygen atoms in total. The standard InChI is InChI=1S/C13H23FO2/c1-6-13(5,7-2)11(16)8-10(15)12(3,4)9-14/h8,15H,6-7,9H2,1-5H3. The fourth-order valence-corrected chi connectivity index (χ4v) is 1.16. The number of rotatable bonds is 6. The molecule has 0 radical (unpaired) electrons. The van der Waals surface area contributed by atoms with Crippen molar-refractivity contribution in [3.63, 3.8) is 0 Å². The number of hydrogen-bond donors (Lipinski definition) is 1. The molecule has 0 aromatic rings. The van der Waals surface area contributed by atoms with E-state index < -0.39 is 17.5 Å². The summed E-state index contributed by atoms with van der Waals surface area (Å²) in [6.45, 7) is 8.20. The molecule has 0 bridgehead atoms. The molecule has 0 aromatic heterocycles. The Kier molecular flexibility index (Phi) is 5.17. The van der Waals surface area contributed by atoms with Gasteiger partial charge in [-0.25, -0.2) is 0 Å². The Morgan fingerprint density at radius 2 is 1.69 bits per heavy atom. The Morgan fingerprint density at radius 1 is 1.25 bits per heavy atom. The summed E-state index contributed by atoms with van der Waals surface area (Å²) in [7, 11) is 0. The average molecular weight is 230 g/mol. The Labute approximate surface area is 97.6 Å². The van der Waals surface area contributed by atoms with Crippen LogP contribution in [-0.4, -0.2) is 17.6 Å². The summed E-state index contributed by atoms with van der Waals surface area (Å²) in [6, 6.07) is 0. The highest BCUT2D eigenvalue weighted by Gasteiger charge is 2.30. The molecule has 0 aliphatic carbocycles. The van der Waals surface area contributed by atoms with Gasteiger partial charge in [0.25, 0.3) is 0 Å². The lowest BCUT2D eigenvalue weighted by Gasteiger charge is -2.25. The van der Waals surface area contributed by atoms with Crippen LogP contribution in [0.15, 0.2) is 11.8 Å². The van der Waals surface area contributed by atoms with Crippen LogP contribution in [0, 0.1) is 10.8 Å². The summed E-state index contributed by atoms with van der Waals surface area (Å²) in [5.74, 6) is -0.301. The molecule has 0 amide bonds. The number of allylic oxidation sites excluding steroid dienone is 2. The van der Waals surface area contributed by atoms with Crippen LogP contribution in [0.1, 0.15) is 47.5 Å². The van der Waals surface area contributed by atoms with Gasteiger partial charge in [-0.05, 0) is 12.8 Å². The van der Waals surface area contributed by atoms with Crippen molar-refractivity contribution >= 4 is 5.78 Å². The van der Waals surface area contributed by atoms with E-state index in [1.807, 2.05) is 20.8 Å². The molecule has 0 aromatic carbocycles. The average Bonchev–Trinajstić information content (AvgIpc) is 2.27. The molecular formula is C13H23FO2. The number of ketones is 1. The molecule has 0 atom stereocenters. The third-order valence-electron chi connectivity index (χ3n) is 3.45. The Hall–Kier alpha value is -0.860. The van der Waals surface area contributed by atoms with E-state index in [1.54, 1.807) is 13.8 Å². The van der Waals surface area contributed by atoms with Gasteiger partial charge in [0.15, 0.2) is 5.78 Å². The lowest BCUT2D eigenvalue weighted by atomic mass is 9.79. The van der Waals surface area contributed by atoms with Gasteiger partial charge in [-0.15, -0.1) is 0 Å². The Bertz CT molecular complexity index is 276. The molecular weight excluding hydrogens is 207 g/mol. The first-order chi connectivity index (χ1) is 7.23. The summed E-state index contributed by atoms with van der Waals surface area (Å²) >= 11 is 0. The van der Waals surface area contributed by atoms with Crippen molar-refractivity contribution in [2.75, 3.05) is 6.67 Å². The third kappa shape index (κ3) is 3.32. The van der Waals surface area contributed by atoms with E-state index in [1.165, 1.54) is 6.08 Å². The van der Waals surface area contributed by atoms with Gasteiger partial charge in [-0.2, -0.15) is 0 Å². The number of carbonyl (C=O) groups excluding carboxylic acids is 1. The highest BCUT2D eigenvalue weighted by molar-refractivity contribution is 5.94. The lowest BCUT2D eigenvalue weighted by Crippen LogP contribution is -2.27. The quantitative estimate of drug-likeness (QED) is 0.556. The fourth-order valence-electron chi connectivity index (χ4n) is 1.16. The highest BCUT2D eigenvalue weighted by Crippen LogP contribution is 2.30. The Balaban J connectivity index is 4.98. The minimum atomic E-state index is -0.974. The van der Waals surface area contributed by atoms with E-state index in [0.29, 0.717) is 12.8 Å². The van der Waals surface area contributed by atoms with Crippen molar-refractivity contribution in [2.45, 2.75) is 47.5 Å². The largest absolute Gasteiger partial charge is 0.512 e. The van der Waals surface area contributed by atoms with Gasteiger partial charge in [-0.1, -0.05) is 34.6 Å². The van der Waals surface area contributed by atoms with Gasteiger partial charge in [0, 0.05) is 11.5 Å². The van der Waals surface area contributed by atoms with E-state index in [0.717, 1.165) is 0 Å². The molecule has 0 spiro atoms. The first-order valence-electron chi connectivity index (χ1n) is 5.75. The minimum absolute atomic E-state index is 0.128. The highest BCUT2D eigenvalue weighted by atomic mass is 19.1. The van der Waals surface area contributed by atoms with Crippen LogP contribution in [0.4, 0.5) is 4.39 Å². The monoisotopic (exact) mass is 230 g/mol. The number of carbonyl (C=O) groups is 1. The lowest BCUT2D eigenvalue weighted by molar-refractivity contribution is -0.123. The molecule has 0 saturated heterocycles. The van der Waals surface area contributed by atoms with E-state index in [-0.39, 0.29) is 11.5 Å². The molecule has 16 heavy (non-hydrogen) atoms. The molecule has 0 aliphatic heterocycles. The zero-order chi connectivity index (χ0) is 13.0. The summed E-state index contributed by atoms with van der Waals surface area (Å²) in [5.41, 5.74) is -1.43. The van der Waals surface area contributed by atoms with E-state index in [2.05, 4.69) is 0 Å². The zero-order valence-electron chi connectivity index (χ0n) is 10.9. The SMILES string of the molecule is CCC(C)(CC)C(=O)C=C(O)C(C)(C)CF. The smallest absolute Gasteiger partial charge is 0.164 e. The maximum absolute atomic E-state index is 12.6. The van der Waals surface area contributed by atoms with Gasteiger partial charge in [0.1, 0.15) is 12.4 Å². The molecule has 0 heterocycles. The number of halogens is 1. The predicted octanol–water partition coefficient (Wildman–Crippen LogP) is 3.82. The minimum Gasteiger partial charge on any atom is -0.512 e. The van der Waals surface area contributed by atoms with Crippen LogP contribution in [0.2, 0.25) is 0 Å². The topological polar surface area (TPSA) is 37.3 Å². The fraction of sp³-hybridized carbons (Fsp3) is 0.769. The second-order valence-electron chi connectivity index (χ2n) is 5.18. The van der Waals surface area contributed by atoms with Gasteiger partial charge >= 0.3 is 0 Å². The molecule has 94 valence electrons. The molecule has 1 N–H and O–H groups in total. The van der Waals surface area contributed by atoms with Crippen molar-refractivity contribution in [1.82, 2.24) is 0 Å². The van der Waals surface area contributed by atoms with Gasteiger partial charge in [-0.3, -0.25) is 9.18 Å². The van der Waals surface area contributed by atoms with Crippen molar-refractivity contribution in [3.05, 3.63) is 11.8 Å². The first kappa shape index (κ1) is 15.1. The zero-order valence-corrected chi connectivity index (χ0v) is 10.9. The van der Waals surface area contributed by atoms with E-state index >= 15 is 0 Å². The van der Waals surface area contributed by atoms with Crippen LogP contribution in [0.3, 0.4) is 0 Å². The van der Waals surface area contributed by atoms with Crippen molar-refractivity contribution in [1.29, 1.82) is 0 Å². The van der Waals surface area contributed by atoms with Crippen molar-refractivity contribution in [2.24, 2.45) is 10.8 Å². The normalized spacial score (nSPS) is 14.0. The maximum Gasteiger partial charge on any atom is 0.164 e. The van der Waals surface area contributed by atoms with E-state index in [9.17, 15) is 14.3 Å². The third-order valence-corrected chi connectivity index (χ3v) is 3.45. The predicted molar refractivity (Wildman–Crippen MR) is 64.2 cm³/mol. The Morgan fingerprint density at radius 3 is 2.00 bits per heavy atom. The van der Waals surface area contributed by atoms with Crippen LogP contribution < -0.4 is 0 Å². The van der Waals surface area contributed by atoms with E-state index in [4.69, 9.17) is 0 Å². The van der Waals surface area contributed by atoms with Crippen LogP contribution in [0.5, 0.6) is 0 Å². The first-order valence-corrected chi connectivity index (χ1v) is 5.75. The summed E-state index contributed by atoms with van der Waals surface area (Å²) in [6.07, 6.45) is 2.61. The molecule has 0 rings (SSSR count). The van der Waals surface area contributed by atoms with Crippen LogP contribution in [0.25, 0.3) is 0 Å². The molecule has 3 heteroatoms. The second kappa shape index (κ2) is 5.46. The van der Waals surface area contributed by atoms with Crippen LogP contribution in [-0.2, 0) is 4.79 Å². The number of hydrogen-bond acceptors (Lipinski definition) is 2. The summed E-state index contributed by atoms with van der Waals surface area (Å²) < 4.78 is 12.6. The molecule has 0 unspecified atom stereocenters. The second-order valence-corrected chi connectivity index (χ2v) is 5.18. The van der Waals surface area contributed by atoms with Gasteiger partial charge in [0.05, 0.1) is 5.41 Å². The number of aliphatic hydroxyl groups excluding tert-OH is 1. The summed E-state index contributed by atoms with van der Waals surface area (Å²) in [5, 5.41) is 9.70. The van der Waals surface area contributed by atoms with Gasteiger partial charge < -0.3 is 5.11 Å².